The molecule has 1 N–H and O–H groups in total. The van der Waals surface area contributed by atoms with Crippen molar-refractivity contribution in [3.05, 3.63) is 34.3 Å². The molecule has 102 valence electrons. The van der Waals surface area contributed by atoms with Gasteiger partial charge in [0.2, 0.25) is 0 Å². The lowest BCUT2D eigenvalue weighted by Crippen LogP contribution is -2.33. The monoisotopic (exact) mass is 325 g/mol. The van der Waals surface area contributed by atoms with Gasteiger partial charge in [-0.15, -0.1) is 0 Å². The topological polar surface area (TPSA) is 55.4 Å². The number of nitrogens with one attached hydrogen (secondary N) is 1. The van der Waals surface area contributed by atoms with Gasteiger partial charge in [-0.05, 0) is 31.0 Å². The van der Waals surface area contributed by atoms with Gasteiger partial charge in [-0.3, -0.25) is 9.59 Å². The van der Waals surface area contributed by atoms with E-state index in [0.29, 0.717) is 11.5 Å². The SMILES string of the molecule is C[C@@H]1CNC(C(=O)OCC(=O)c2ccc(Br)cc2)C1. The Kier molecular flexibility index (Phi) is 4.71. The molecule has 4 nitrogen and oxygen atoms in total. The molecule has 2 rings (SSSR count). The average molecular weight is 326 g/mol. The third kappa shape index (κ3) is 3.88. The third-order valence-electron chi connectivity index (χ3n) is 3.15. The van der Waals surface area contributed by atoms with Crippen LogP contribution in [0.1, 0.15) is 23.7 Å². The molecule has 1 unspecified atom stereocenters. The van der Waals surface area contributed by atoms with Crippen LogP contribution in [0.25, 0.3) is 0 Å². The molecule has 1 fully saturated rings. The fourth-order valence-electron chi connectivity index (χ4n) is 2.05. The summed E-state index contributed by atoms with van der Waals surface area (Å²) in [6.45, 7) is 2.70. The summed E-state index contributed by atoms with van der Waals surface area (Å²) in [6, 6.07) is 6.71. The quantitative estimate of drug-likeness (QED) is 0.681. The van der Waals surface area contributed by atoms with Gasteiger partial charge in [-0.1, -0.05) is 35.0 Å². The molecule has 1 aromatic rings. The first-order valence-electron chi connectivity index (χ1n) is 6.25. The minimum absolute atomic E-state index is 0.188. The van der Waals surface area contributed by atoms with E-state index in [0.717, 1.165) is 17.4 Å². The second kappa shape index (κ2) is 6.30. The zero-order valence-electron chi connectivity index (χ0n) is 10.7. The van der Waals surface area contributed by atoms with Gasteiger partial charge in [0.15, 0.2) is 12.4 Å². The molecule has 0 amide bonds. The Morgan fingerprint density at radius 2 is 2.05 bits per heavy atom. The molecule has 1 aliphatic heterocycles. The van der Waals surface area contributed by atoms with E-state index in [1.165, 1.54) is 0 Å². The van der Waals surface area contributed by atoms with Crippen molar-refractivity contribution in [3.63, 3.8) is 0 Å². The van der Waals surface area contributed by atoms with Crippen LogP contribution in [0.15, 0.2) is 28.7 Å². The summed E-state index contributed by atoms with van der Waals surface area (Å²) >= 11 is 3.30. The standard InChI is InChI=1S/C14H16BrNO3/c1-9-6-12(16-7-9)14(18)19-8-13(17)10-2-4-11(15)5-3-10/h2-5,9,12,16H,6-8H2,1H3/t9-,12?/m0/s1. The Hall–Kier alpha value is -1.20. The predicted octanol–water partition coefficient (Wildman–Crippen LogP) is 2.17. The molecule has 1 saturated heterocycles. The highest BCUT2D eigenvalue weighted by atomic mass is 79.9. The molecular formula is C14H16BrNO3. The van der Waals surface area contributed by atoms with Gasteiger partial charge in [0.25, 0.3) is 0 Å². The van der Waals surface area contributed by atoms with Gasteiger partial charge >= 0.3 is 5.97 Å². The number of benzene rings is 1. The Morgan fingerprint density at radius 3 is 2.63 bits per heavy atom. The Bertz CT molecular complexity index is 472. The molecule has 1 aromatic carbocycles. The van der Waals surface area contributed by atoms with Crippen molar-refractivity contribution in [3.8, 4) is 0 Å². The first-order chi connectivity index (χ1) is 9.06. The summed E-state index contributed by atoms with van der Waals surface area (Å²) in [5, 5.41) is 3.09. The van der Waals surface area contributed by atoms with E-state index in [-0.39, 0.29) is 24.4 Å². The lowest BCUT2D eigenvalue weighted by Gasteiger charge is -2.09. The van der Waals surface area contributed by atoms with Crippen LogP contribution in [-0.4, -0.2) is 30.9 Å². The van der Waals surface area contributed by atoms with Crippen LogP contribution in [0.5, 0.6) is 0 Å². The van der Waals surface area contributed by atoms with Crippen molar-refractivity contribution < 1.29 is 14.3 Å². The van der Waals surface area contributed by atoms with Crippen LogP contribution in [0.4, 0.5) is 0 Å². The summed E-state index contributed by atoms with van der Waals surface area (Å²) in [5.74, 6) is -0.0542. The molecule has 1 aliphatic rings. The van der Waals surface area contributed by atoms with Gasteiger partial charge < -0.3 is 10.1 Å². The second-order valence-corrected chi connectivity index (χ2v) is 5.76. The maximum absolute atomic E-state index is 11.8. The summed E-state index contributed by atoms with van der Waals surface area (Å²) in [6.07, 6.45) is 0.769. The second-order valence-electron chi connectivity index (χ2n) is 4.84. The van der Waals surface area contributed by atoms with Gasteiger partial charge in [-0.2, -0.15) is 0 Å². The number of rotatable bonds is 4. The zero-order chi connectivity index (χ0) is 13.8. The zero-order valence-corrected chi connectivity index (χ0v) is 12.3. The highest BCUT2D eigenvalue weighted by Crippen LogP contribution is 2.14. The van der Waals surface area contributed by atoms with E-state index in [2.05, 4.69) is 28.2 Å². The van der Waals surface area contributed by atoms with Crippen LogP contribution >= 0.6 is 15.9 Å². The first-order valence-corrected chi connectivity index (χ1v) is 7.04. The average Bonchev–Trinajstić information content (AvgIpc) is 2.83. The minimum atomic E-state index is -0.338. The van der Waals surface area contributed by atoms with Crippen LogP contribution in [0.2, 0.25) is 0 Å². The minimum Gasteiger partial charge on any atom is -0.456 e. The highest BCUT2D eigenvalue weighted by Gasteiger charge is 2.28. The first kappa shape index (κ1) is 14.2. The molecule has 0 spiro atoms. The number of carbonyl (C=O) groups excluding carboxylic acids is 2. The number of ether oxygens (including phenoxy) is 1. The number of esters is 1. The molecular weight excluding hydrogens is 310 g/mol. The Morgan fingerprint density at radius 1 is 1.37 bits per heavy atom. The fourth-order valence-corrected chi connectivity index (χ4v) is 2.31. The highest BCUT2D eigenvalue weighted by molar-refractivity contribution is 9.10. The third-order valence-corrected chi connectivity index (χ3v) is 3.68. The number of hydrogen-bond donors (Lipinski definition) is 1. The molecule has 1 heterocycles. The van der Waals surface area contributed by atoms with E-state index in [1.807, 2.05) is 0 Å². The molecule has 0 radical (unpaired) electrons. The molecule has 0 bridgehead atoms. The molecule has 0 saturated carbocycles. The van der Waals surface area contributed by atoms with Crippen molar-refractivity contribution in [2.75, 3.05) is 13.2 Å². The molecule has 5 heteroatoms. The molecule has 19 heavy (non-hydrogen) atoms. The molecule has 0 aromatic heterocycles. The van der Waals surface area contributed by atoms with Crippen LogP contribution in [0.3, 0.4) is 0 Å². The summed E-state index contributed by atoms with van der Waals surface area (Å²) < 4.78 is 5.97. The van der Waals surface area contributed by atoms with Crippen molar-refractivity contribution in [1.29, 1.82) is 0 Å². The van der Waals surface area contributed by atoms with Crippen molar-refractivity contribution in [2.24, 2.45) is 5.92 Å². The van der Waals surface area contributed by atoms with Crippen molar-refractivity contribution in [1.82, 2.24) is 5.32 Å². The van der Waals surface area contributed by atoms with Crippen molar-refractivity contribution >= 4 is 27.7 Å². The van der Waals surface area contributed by atoms with E-state index < -0.39 is 0 Å². The number of halogens is 1. The summed E-state index contributed by atoms with van der Waals surface area (Å²) in [7, 11) is 0. The predicted molar refractivity (Wildman–Crippen MR) is 75.0 cm³/mol. The van der Waals surface area contributed by atoms with Gasteiger partial charge in [-0.25, -0.2) is 0 Å². The Labute approximate surface area is 120 Å². The van der Waals surface area contributed by atoms with Crippen LogP contribution in [-0.2, 0) is 9.53 Å². The summed E-state index contributed by atoms with van der Waals surface area (Å²) in [5.41, 5.74) is 0.545. The molecule has 0 aliphatic carbocycles. The van der Waals surface area contributed by atoms with Gasteiger partial charge in [0.05, 0.1) is 0 Å². The van der Waals surface area contributed by atoms with E-state index >= 15 is 0 Å². The maximum Gasteiger partial charge on any atom is 0.323 e. The Balaban J connectivity index is 1.83. The number of hydrogen-bond acceptors (Lipinski definition) is 4. The lowest BCUT2D eigenvalue weighted by atomic mass is 10.1. The fraction of sp³-hybridized carbons (Fsp3) is 0.429. The smallest absolute Gasteiger partial charge is 0.323 e. The van der Waals surface area contributed by atoms with E-state index in [1.54, 1.807) is 24.3 Å². The van der Waals surface area contributed by atoms with Crippen LogP contribution in [0, 0.1) is 5.92 Å². The van der Waals surface area contributed by atoms with Gasteiger partial charge in [0.1, 0.15) is 6.04 Å². The number of Topliss-reactive ketones (excluding diaryl/α,β-unsaturated/α-hetero) is 1. The number of ketones is 1. The largest absolute Gasteiger partial charge is 0.456 e. The maximum atomic E-state index is 11.8. The lowest BCUT2D eigenvalue weighted by molar-refractivity contribution is -0.144. The van der Waals surface area contributed by atoms with E-state index in [4.69, 9.17) is 4.74 Å². The summed E-state index contributed by atoms with van der Waals surface area (Å²) in [4.78, 5) is 23.6. The van der Waals surface area contributed by atoms with Gasteiger partial charge in [0, 0.05) is 10.0 Å². The van der Waals surface area contributed by atoms with Crippen LogP contribution < -0.4 is 5.32 Å². The normalized spacial score (nSPS) is 22.2. The van der Waals surface area contributed by atoms with Crippen molar-refractivity contribution in [2.45, 2.75) is 19.4 Å². The number of carbonyl (C=O) groups is 2. The molecule has 2 atom stereocenters. The van der Waals surface area contributed by atoms with E-state index in [9.17, 15) is 9.59 Å².